The highest BCUT2D eigenvalue weighted by molar-refractivity contribution is 5.38. The molecule has 0 amide bonds. The predicted octanol–water partition coefficient (Wildman–Crippen LogP) is 3.41. The zero-order chi connectivity index (χ0) is 12.3. The normalized spacial score (nSPS) is 17.4. The van der Waals surface area contributed by atoms with Crippen molar-refractivity contribution in [2.75, 3.05) is 13.1 Å². The fourth-order valence-electron chi connectivity index (χ4n) is 2.83. The molecule has 1 aliphatic rings. The van der Waals surface area contributed by atoms with E-state index in [4.69, 9.17) is 0 Å². The first kappa shape index (κ1) is 12.6. The Hall–Kier alpha value is -0.820. The molecule has 1 aromatic rings. The van der Waals surface area contributed by atoms with Gasteiger partial charge in [0, 0.05) is 0 Å². The topological polar surface area (TPSA) is 12.0 Å². The quantitative estimate of drug-likeness (QED) is 0.840. The maximum Gasteiger partial charge on any atom is -0.00462 e. The van der Waals surface area contributed by atoms with Crippen LogP contribution in [0.5, 0.6) is 0 Å². The van der Waals surface area contributed by atoms with Gasteiger partial charge in [0.1, 0.15) is 0 Å². The van der Waals surface area contributed by atoms with Crippen LogP contribution >= 0.6 is 0 Å². The molecule has 1 aromatic carbocycles. The second kappa shape index (κ2) is 5.68. The summed E-state index contributed by atoms with van der Waals surface area (Å²) in [7, 11) is 0. The Balaban J connectivity index is 2.15. The third-order valence-corrected chi connectivity index (χ3v) is 4.21. The van der Waals surface area contributed by atoms with Crippen molar-refractivity contribution in [3.63, 3.8) is 0 Å². The predicted molar refractivity (Wildman–Crippen MR) is 74.6 cm³/mol. The smallest absolute Gasteiger partial charge is 0.00462 e. The molecule has 0 aromatic heterocycles. The van der Waals surface area contributed by atoms with Gasteiger partial charge >= 0.3 is 0 Å². The number of benzene rings is 1. The van der Waals surface area contributed by atoms with Crippen LogP contribution in [0.4, 0.5) is 0 Å². The van der Waals surface area contributed by atoms with E-state index in [0.29, 0.717) is 0 Å². The van der Waals surface area contributed by atoms with E-state index in [9.17, 15) is 0 Å². The van der Waals surface area contributed by atoms with E-state index < -0.39 is 0 Å². The van der Waals surface area contributed by atoms with Gasteiger partial charge in [-0.05, 0) is 80.8 Å². The van der Waals surface area contributed by atoms with E-state index in [-0.39, 0.29) is 0 Å². The molecule has 1 aliphatic heterocycles. The highest BCUT2D eigenvalue weighted by Crippen LogP contribution is 2.23. The average molecular weight is 231 g/mol. The lowest BCUT2D eigenvalue weighted by atomic mass is 9.87. The lowest BCUT2D eigenvalue weighted by Crippen LogP contribution is -2.28. The number of aryl methyl sites for hydroxylation is 2. The summed E-state index contributed by atoms with van der Waals surface area (Å²) in [6.45, 7) is 9.19. The van der Waals surface area contributed by atoms with Gasteiger partial charge in [-0.15, -0.1) is 0 Å². The Kier molecular flexibility index (Phi) is 4.22. The molecule has 0 radical (unpaired) electrons. The molecule has 17 heavy (non-hydrogen) atoms. The SMILES string of the molecule is CCc1cc(C)c(C)c(CC2CCNCC2)c1. The first-order chi connectivity index (χ1) is 8.20. The summed E-state index contributed by atoms with van der Waals surface area (Å²) < 4.78 is 0. The number of nitrogens with one attached hydrogen (secondary N) is 1. The Morgan fingerprint density at radius 1 is 1.18 bits per heavy atom. The van der Waals surface area contributed by atoms with Crippen LogP contribution in [0.3, 0.4) is 0 Å². The average Bonchev–Trinajstić information content (AvgIpc) is 2.36. The Morgan fingerprint density at radius 2 is 1.88 bits per heavy atom. The van der Waals surface area contributed by atoms with Crippen LogP contribution in [0.15, 0.2) is 12.1 Å². The maximum atomic E-state index is 3.45. The van der Waals surface area contributed by atoms with Crippen molar-refractivity contribution in [3.8, 4) is 0 Å². The van der Waals surface area contributed by atoms with Crippen LogP contribution in [0.1, 0.15) is 42.0 Å². The number of rotatable bonds is 3. The number of hydrogen-bond acceptors (Lipinski definition) is 1. The monoisotopic (exact) mass is 231 g/mol. The van der Waals surface area contributed by atoms with Crippen molar-refractivity contribution >= 4 is 0 Å². The van der Waals surface area contributed by atoms with Gasteiger partial charge in [0.25, 0.3) is 0 Å². The van der Waals surface area contributed by atoms with Crippen LogP contribution in [0, 0.1) is 19.8 Å². The lowest BCUT2D eigenvalue weighted by Gasteiger charge is -2.24. The van der Waals surface area contributed by atoms with Gasteiger partial charge in [0.15, 0.2) is 0 Å². The minimum atomic E-state index is 0.890. The molecule has 2 rings (SSSR count). The van der Waals surface area contributed by atoms with Gasteiger partial charge in [-0.25, -0.2) is 0 Å². The first-order valence-corrected chi connectivity index (χ1v) is 7.00. The molecule has 0 bridgehead atoms. The van der Waals surface area contributed by atoms with E-state index in [2.05, 4.69) is 38.2 Å². The van der Waals surface area contributed by atoms with Crippen molar-refractivity contribution in [2.45, 2.75) is 46.5 Å². The summed E-state index contributed by atoms with van der Waals surface area (Å²) in [6, 6.07) is 4.78. The van der Waals surface area contributed by atoms with Crippen LogP contribution in [0.2, 0.25) is 0 Å². The van der Waals surface area contributed by atoms with Gasteiger partial charge in [0.05, 0.1) is 0 Å². The van der Waals surface area contributed by atoms with Crippen LogP contribution in [-0.2, 0) is 12.8 Å². The Morgan fingerprint density at radius 3 is 2.53 bits per heavy atom. The fourth-order valence-corrected chi connectivity index (χ4v) is 2.83. The molecule has 0 unspecified atom stereocenters. The lowest BCUT2D eigenvalue weighted by molar-refractivity contribution is 0.372. The second-order valence-corrected chi connectivity index (χ2v) is 5.45. The van der Waals surface area contributed by atoms with Crippen molar-refractivity contribution in [3.05, 3.63) is 34.4 Å². The van der Waals surface area contributed by atoms with Gasteiger partial charge in [-0.3, -0.25) is 0 Å². The van der Waals surface area contributed by atoms with Crippen molar-refractivity contribution in [2.24, 2.45) is 5.92 Å². The molecule has 0 saturated carbocycles. The van der Waals surface area contributed by atoms with Crippen molar-refractivity contribution in [1.29, 1.82) is 0 Å². The highest BCUT2D eigenvalue weighted by Gasteiger charge is 2.15. The summed E-state index contributed by atoms with van der Waals surface area (Å²) in [6.07, 6.45) is 5.12. The molecular weight excluding hydrogens is 206 g/mol. The van der Waals surface area contributed by atoms with Gasteiger partial charge in [-0.2, -0.15) is 0 Å². The molecule has 0 spiro atoms. The molecule has 0 atom stereocenters. The van der Waals surface area contributed by atoms with Crippen LogP contribution in [0.25, 0.3) is 0 Å². The minimum absolute atomic E-state index is 0.890. The Bertz CT molecular complexity index is 375. The molecule has 1 heterocycles. The van der Waals surface area contributed by atoms with Gasteiger partial charge < -0.3 is 5.32 Å². The molecule has 0 aliphatic carbocycles. The van der Waals surface area contributed by atoms with E-state index in [1.165, 1.54) is 49.0 Å². The Labute approximate surface area is 106 Å². The molecule has 1 nitrogen and oxygen atoms in total. The standard InChI is InChI=1S/C16H25N/c1-4-14-9-12(2)13(3)16(10-14)11-15-5-7-17-8-6-15/h9-10,15,17H,4-8,11H2,1-3H3. The van der Waals surface area contributed by atoms with Crippen molar-refractivity contribution < 1.29 is 0 Å². The molecular formula is C16H25N. The molecule has 1 heteroatoms. The summed E-state index contributed by atoms with van der Waals surface area (Å²) in [5.41, 5.74) is 6.07. The summed E-state index contributed by atoms with van der Waals surface area (Å²) in [4.78, 5) is 0. The molecule has 1 N–H and O–H groups in total. The first-order valence-electron chi connectivity index (χ1n) is 7.00. The zero-order valence-corrected chi connectivity index (χ0v) is 11.5. The van der Waals surface area contributed by atoms with Gasteiger partial charge in [-0.1, -0.05) is 19.1 Å². The van der Waals surface area contributed by atoms with Crippen LogP contribution in [-0.4, -0.2) is 13.1 Å². The van der Waals surface area contributed by atoms with Crippen molar-refractivity contribution in [1.82, 2.24) is 5.32 Å². The van der Waals surface area contributed by atoms with Gasteiger partial charge in [0.2, 0.25) is 0 Å². The third kappa shape index (κ3) is 3.10. The highest BCUT2D eigenvalue weighted by atomic mass is 14.9. The summed E-state index contributed by atoms with van der Waals surface area (Å²) in [5, 5.41) is 3.45. The zero-order valence-electron chi connectivity index (χ0n) is 11.5. The second-order valence-electron chi connectivity index (χ2n) is 5.45. The minimum Gasteiger partial charge on any atom is -0.317 e. The number of hydrogen-bond donors (Lipinski definition) is 1. The molecule has 94 valence electrons. The van der Waals surface area contributed by atoms with E-state index >= 15 is 0 Å². The van der Waals surface area contributed by atoms with E-state index in [1.807, 2.05) is 0 Å². The van der Waals surface area contributed by atoms with E-state index in [1.54, 1.807) is 5.56 Å². The third-order valence-electron chi connectivity index (χ3n) is 4.21. The summed E-state index contributed by atoms with van der Waals surface area (Å²) >= 11 is 0. The number of piperidine rings is 1. The maximum absolute atomic E-state index is 3.45. The molecule has 1 saturated heterocycles. The van der Waals surface area contributed by atoms with Crippen LogP contribution < -0.4 is 5.32 Å². The van der Waals surface area contributed by atoms with E-state index in [0.717, 1.165) is 12.3 Å². The molecule has 1 fully saturated rings. The fraction of sp³-hybridized carbons (Fsp3) is 0.625. The summed E-state index contributed by atoms with van der Waals surface area (Å²) in [5.74, 6) is 0.890. The largest absolute Gasteiger partial charge is 0.317 e.